The van der Waals surface area contributed by atoms with Crippen molar-refractivity contribution in [2.45, 2.75) is 31.8 Å². The van der Waals surface area contributed by atoms with Crippen LogP contribution in [0.1, 0.15) is 19.8 Å². The Kier molecular flexibility index (Phi) is 3.78. The summed E-state index contributed by atoms with van der Waals surface area (Å²) in [6.45, 7) is 5.18. The lowest BCUT2D eigenvalue weighted by Crippen LogP contribution is -2.37. The maximum absolute atomic E-state index is 5.82. The summed E-state index contributed by atoms with van der Waals surface area (Å²) >= 11 is 0. The van der Waals surface area contributed by atoms with Crippen molar-refractivity contribution < 1.29 is 4.74 Å². The molecule has 0 bridgehead atoms. The van der Waals surface area contributed by atoms with Gasteiger partial charge in [0.25, 0.3) is 0 Å². The molecule has 0 radical (unpaired) electrons. The van der Waals surface area contributed by atoms with Crippen LogP contribution in [0.3, 0.4) is 0 Å². The van der Waals surface area contributed by atoms with Crippen LogP contribution in [-0.2, 0) is 4.74 Å². The van der Waals surface area contributed by atoms with Crippen LogP contribution < -0.4 is 11.1 Å². The average Bonchev–Trinajstić information content (AvgIpc) is 2.84. The molecule has 2 rings (SSSR count). The van der Waals surface area contributed by atoms with E-state index in [2.05, 4.69) is 24.4 Å². The molecule has 1 heterocycles. The molecule has 0 aromatic carbocycles. The largest absolute Gasteiger partial charge is 0.381 e. The molecule has 1 fully saturated rings. The van der Waals surface area contributed by atoms with E-state index in [-0.39, 0.29) is 6.04 Å². The van der Waals surface area contributed by atoms with Crippen molar-refractivity contribution >= 4 is 0 Å². The third-order valence-corrected chi connectivity index (χ3v) is 3.58. The Hall–Kier alpha value is -0.380. The fraction of sp³-hybridized carbons (Fsp3) is 0.833. The van der Waals surface area contributed by atoms with Crippen molar-refractivity contribution in [3.05, 3.63) is 12.2 Å². The molecule has 1 aliphatic carbocycles. The normalized spacial score (nSPS) is 37.3. The second kappa shape index (κ2) is 5.10. The lowest BCUT2D eigenvalue weighted by atomic mass is 9.99. The zero-order valence-electron chi connectivity index (χ0n) is 9.49. The Labute approximate surface area is 92.1 Å². The van der Waals surface area contributed by atoms with Gasteiger partial charge in [-0.05, 0) is 31.6 Å². The molecule has 0 spiro atoms. The summed E-state index contributed by atoms with van der Waals surface area (Å²) in [6.07, 6.45) is 6.67. The van der Waals surface area contributed by atoms with Crippen LogP contribution in [0.5, 0.6) is 0 Å². The monoisotopic (exact) mass is 210 g/mol. The van der Waals surface area contributed by atoms with Crippen LogP contribution in [0.4, 0.5) is 0 Å². The van der Waals surface area contributed by atoms with E-state index in [1.165, 1.54) is 6.42 Å². The van der Waals surface area contributed by atoms with E-state index >= 15 is 0 Å². The standard InChI is InChI=1S/C12H22N2O/c1-9(11-4-5-15-8-11)14-7-10-2-3-12(13)6-10/h2-3,9-12,14H,4-8,13H2,1H3. The van der Waals surface area contributed by atoms with Crippen LogP contribution in [0, 0.1) is 11.8 Å². The molecule has 2 aliphatic rings. The van der Waals surface area contributed by atoms with E-state index in [4.69, 9.17) is 10.5 Å². The second-order valence-electron chi connectivity index (χ2n) is 4.87. The summed E-state index contributed by atoms with van der Waals surface area (Å²) < 4.78 is 5.39. The van der Waals surface area contributed by atoms with Gasteiger partial charge >= 0.3 is 0 Å². The number of ether oxygens (including phenoxy) is 1. The number of rotatable bonds is 4. The minimum absolute atomic E-state index is 0.280. The zero-order valence-corrected chi connectivity index (χ0v) is 9.49. The Bertz CT molecular complexity index is 224. The van der Waals surface area contributed by atoms with E-state index in [1.807, 2.05) is 0 Å². The molecular weight excluding hydrogens is 188 g/mol. The molecule has 0 aromatic heterocycles. The van der Waals surface area contributed by atoms with Gasteiger partial charge in [-0.3, -0.25) is 0 Å². The van der Waals surface area contributed by atoms with Crippen molar-refractivity contribution in [1.82, 2.24) is 5.32 Å². The van der Waals surface area contributed by atoms with Gasteiger partial charge in [0.2, 0.25) is 0 Å². The first-order valence-corrected chi connectivity index (χ1v) is 6.00. The second-order valence-corrected chi connectivity index (χ2v) is 4.87. The zero-order chi connectivity index (χ0) is 10.7. The Balaban J connectivity index is 1.66. The SMILES string of the molecule is CC(NCC1C=CC(N)C1)C1CCOC1. The first-order chi connectivity index (χ1) is 7.25. The molecular formula is C12H22N2O. The maximum atomic E-state index is 5.82. The van der Waals surface area contributed by atoms with Crippen LogP contribution in [0.2, 0.25) is 0 Å². The van der Waals surface area contributed by atoms with E-state index in [0.717, 1.165) is 26.2 Å². The number of nitrogens with one attached hydrogen (secondary N) is 1. The van der Waals surface area contributed by atoms with Gasteiger partial charge in [0, 0.05) is 25.2 Å². The van der Waals surface area contributed by atoms with Gasteiger partial charge in [-0.25, -0.2) is 0 Å². The van der Waals surface area contributed by atoms with Gasteiger partial charge < -0.3 is 15.8 Å². The lowest BCUT2D eigenvalue weighted by Gasteiger charge is -2.21. The van der Waals surface area contributed by atoms with Gasteiger partial charge in [-0.2, -0.15) is 0 Å². The molecule has 1 aliphatic heterocycles. The molecule has 4 atom stereocenters. The molecule has 3 N–H and O–H groups in total. The summed E-state index contributed by atoms with van der Waals surface area (Å²) in [5.41, 5.74) is 5.82. The van der Waals surface area contributed by atoms with Crippen LogP contribution in [0.25, 0.3) is 0 Å². The Morgan fingerprint density at radius 3 is 3.00 bits per heavy atom. The summed E-state index contributed by atoms with van der Waals surface area (Å²) in [4.78, 5) is 0. The van der Waals surface area contributed by atoms with Gasteiger partial charge in [0.15, 0.2) is 0 Å². The smallest absolute Gasteiger partial charge is 0.0509 e. The molecule has 4 unspecified atom stereocenters. The van der Waals surface area contributed by atoms with Gasteiger partial charge in [-0.15, -0.1) is 0 Å². The van der Waals surface area contributed by atoms with Gasteiger partial charge in [0.1, 0.15) is 0 Å². The predicted molar refractivity (Wildman–Crippen MR) is 61.6 cm³/mol. The van der Waals surface area contributed by atoms with Gasteiger partial charge in [-0.1, -0.05) is 12.2 Å². The minimum Gasteiger partial charge on any atom is -0.381 e. The Morgan fingerprint density at radius 2 is 2.40 bits per heavy atom. The van der Waals surface area contributed by atoms with E-state index in [0.29, 0.717) is 17.9 Å². The Morgan fingerprint density at radius 1 is 1.53 bits per heavy atom. The molecule has 0 amide bonds. The highest BCUT2D eigenvalue weighted by molar-refractivity contribution is 5.05. The number of nitrogens with two attached hydrogens (primary N) is 1. The summed E-state index contributed by atoms with van der Waals surface area (Å²) in [5, 5.41) is 3.60. The first kappa shape index (κ1) is 11.1. The highest BCUT2D eigenvalue weighted by Crippen LogP contribution is 2.19. The topological polar surface area (TPSA) is 47.3 Å². The molecule has 1 saturated heterocycles. The molecule has 15 heavy (non-hydrogen) atoms. The number of hydrogen-bond donors (Lipinski definition) is 2. The van der Waals surface area contributed by atoms with E-state index < -0.39 is 0 Å². The molecule has 0 saturated carbocycles. The van der Waals surface area contributed by atoms with Crippen molar-refractivity contribution in [3.63, 3.8) is 0 Å². The molecule has 3 nitrogen and oxygen atoms in total. The van der Waals surface area contributed by atoms with Crippen molar-refractivity contribution in [2.24, 2.45) is 17.6 Å². The highest BCUT2D eigenvalue weighted by atomic mass is 16.5. The molecule has 86 valence electrons. The van der Waals surface area contributed by atoms with Crippen molar-refractivity contribution in [2.75, 3.05) is 19.8 Å². The third-order valence-electron chi connectivity index (χ3n) is 3.58. The van der Waals surface area contributed by atoms with Crippen molar-refractivity contribution in [1.29, 1.82) is 0 Å². The fourth-order valence-corrected chi connectivity index (χ4v) is 2.41. The first-order valence-electron chi connectivity index (χ1n) is 6.00. The van der Waals surface area contributed by atoms with Gasteiger partial charge in [0.05, 0.1) is 6.61 Å². The summed E-state index contributed by atoms with van der Waals surface area (Å²) in [7, 11) is 0. The molecule has 3 heteroatoms. The predicted octanol–water partition coefficient (Wildman–Crippen LogP) is 0.904. The van der Waals surface area contributed by atoms with Crippen molar-refractivity contribution in [3.8, 4) is 0 Å². The minimum atomic E-state index is 0.280. The quantitative estimate of drug-likeness (QED) is 0.678. The van der Waals surface area contributed by atoms with E-state index in [1.54, 1.807) is 0 Å². The lowest BCUT2D eigenvalue weighted by molar-refractivity contribution is 0.178. The average molecular weight is 210 g/mol. The number of hydrogen-bond acceptors (Lipinski definition) is 3. The van der Waals surface area contributed by atoms with Crippen LogP contribution >= 0.6 is 0 Å². The fourth-order valence-electron chi connectivity index (χ4n) is 2.41. The summed E-state index contributed by atoms with van der Waals surface area (Å²) in [5.74, 6) is 1.33. The summed E-state index contributed by atoms with van der Waals surface area (Å²) in [6, 6.07) is 0.847. The maximum Gasteiger partial charge on any atom is 0.0509 e. The van der Waals surface area contributed by atoms with Crippen LogP contribution in [-0.4, -0.2) is 31.8 Å². The third kappa shape index (κ3) is 3.03. The van der Waals surface area contributed by atoms with E-state index in [9.17, 15) is 0 Å². The molecule has 0 aromatic rings. The highest BCUT2D eigenvalue weighted by Gasteiger charge is 2.23. The van der Waals surface area contributed by atoms with Crippen LogP contribution in [0.15, 0.2) is 12.2 Å².